The SMILES string of the molecule is CCCN1CCC2(CC1)NC(=O)N(CC1CCN(C(=O)Cc3cccc(F)c3)CC1)C2=O. The van der Waals surface area contributed by atoms with Gasteiger partial charge in [0.1, 0.15) is 11.4 Å². The number of hydrogen-bond acceptors (Lipinski definition) is 4. The molecule has 1 spiro atoms. The number of benzene rings is 1. The van der Waals surface area contributed by atoms with Crippen LogP contribution in [0.4, 0.5) is 9.18 Å². The highest BCUT2D eigenvalue weighted by molar-refractivity contribution is 6.07. The van der Waals surface area contributed by atoms with Crippen LogP contribution in [0.2, 0.25) is 0 Å². The third-order valence-electron chi connectivity index (χ3n) is 7.15. The average molecular weight is 445 g/mol. The van der Waals surface area contributed by atoms with Gasteiger partial charge in [0.05, 0.1) is 6.42 Å². The summed E-state index contributed by atoms with van der Waals surface area (Å²) < 4.78 is 13.4. The molecule has 3 heterocycles. The topological polar surface area (TPSA) is 73.0 Å². The van der Waals surface area contributed by atoms with Crippen LogP contribution in [0.15, 0.2) is 24.3 Å². The Balaban J connectivity index is 1.27. The van der Waals surface area contributed by atoms with Gasteiger partial charge in [0, 0.05) is 32.7 Å². The first-order valence-electron chi connectivity index (χ1n) is 11.8. The molecule has 3 aliphatic heterocycles. The molecule has 4 rings (SSSR count). The van der Waals surface area contributed by atoms with Crippen LogP contribution in [-0.4, -0.2) is 77.4 Å². The predicted octanol–water partition coefficient (Wildman–Crippen LogP) is 2.40. The van der Waals surface area contributed by atoms with Gasteiger partial charge in [-0.3, -0.25) is 14.5 Å². The molecule has 8 heteroatoms. The molecule has 1 aromatic carbocycles. The number of carbonyl (C=O) groups is 3. The summed E-state index contributed by atoms with van der Waals surface area (Å²) in [5, 5.41) is 3.00. The minimum atomic E-state index is -0.733. The van der Waals surface area contributed by atoms with E-state index in [2.05, 4.69) is 17.1 Å². The summed E-state index contributed by atoms with van der Waals surface area (Å²) in [7, 11) is 0. The summed E-state index contributed by atoms with van der Waals surface area (Å²) >= 11 is 0. The van der Waals surface area contributed by atoms with E-state index in [1.165, 1.54) is 17.0 Å². The Morgan fingerprint density at radius 3 is 2.53 bits per heavy atom. The number of imide groups is 1. The molecule has 7 nitrogen and oxygen atoms in total. The Kier molecular flexibility index (Phi) is 6.79. The Bertz CT molecular complexity index is 861. The van der Waals surface area contributed by atoms with Gasteiger partial charge in [0.2, 0.25) is 5.91 Å². The van der Waals surface area contributed by atoms with E-state index in [1.54, 1.807) is 17.0 Å². The van der Waals surface area contributed by atoms with Gasteiger partial charge in [-0.05, 0) is 62.3 Å². The van der Waals surface area contributed by atoms with Gasteiger partial charge in [0.25, 0.3) is 5.91 Å². The van der Waals surface area contributed by atoms with Crippen molar-refractivity contribution in [2.24, 2.45) is 5.92 Å². The smallest absolute Gasteiger partial charge is 0.325 e. The van der Waals surface area contributed by atoms with Gasteiger partial charge < -0.3 is 15.1 Å². The number of nitrogens with zero attached hydrogens (tertiary/aromatic N) is 3. The highest BCUT2D eigenvalue weighted by atomic mass is 19.1. The molecule has 3 saturated heterocycles. The van der Waals surface area contributed by atoms with E-state index in [-0.39, 0.29) is 36.0 Å². The molecule has 0 unspecified atom stereocenters. The van der Waals surface area contributed by atoms with E-state index in [4.69, 9.17) is 0 Å². The highest BCUT2D eigenvalue weighted by Crippen LogP contribution is 2.31. The largest absolute Gasteiger partial charge is 0.342 e. The molecule has 0 radical (unpaired) electrons. The third-order valence-corrected chi connectivity index (χ3v) is 7.15. The number of rotatable bonds is 6. The van der Waals surface area contributed by atoms with Crippen molar-refractivity contribution >= 4 is 17.8 Å². The van der Waals surface area contributed by atoms with E-state index in [1.807, 2.05) is 0 Å². The number of nitrogens with one attached hydrogen (secondary N) is 1. The molecular formula is C24H33FN4O3. The van der Waals surface area contributed by atoms with Crippen LogP contribution in [0.1, 0.15) is 44.6 Å². The van der Waals surface area contributed by atoms with Crippen LogP contribution >= 0.6 is 0 Å². The summed E-state index contributed by atoms with van der Waals surface area (Å²) in [5.74, 6) is -0.236. The van der Waals surface area contributed by atoms with Crippen molar-refractivity contribution in [1.82, 2.24) is 20.0 Å². The number of amides is 4. The fraction of sp³-hybridized carbons (Fsp3) is 0.625. The number of piperidine rings is 2. The molecule has 0 aliphatic carbocycles. The summed E-state index contributed by atoms with van der Waals surface area (Å²) in [4.78, 5) is 43.9. The van der Waals surface area contributed by atoms with Crippen molar-refractivity contribution in [2.45, 2.75) is 51.0 Å². The van der Waals surface area contributed by atoms with Crippen molar-refractivity contribution in [3.8, 4) is 0 Å². The minimum absolute atomic E-state index is 0.0122. The lowest BCUT2D eigenvalue weighted by molar-refractivity contribution is -0.135. The lowest BCUT2D eigenvalue weighted by atomic mass is 9.87. The molecular weight excluding hydrogens is 411 g/mol. The highest BCUT2D eigenvalue weighted by Gasteiger charge is 2.52. The fourth-order valence-corrected chi connectivity index (χ4v) is 5.21. The molecule has 4 amide bonds. The van der Waals surface area contributed by atoms with E-state index >= 15 is 0 Å². The first-order valence-corrected chi connectivity index (χ1v) is 11.8. The maximum Gasteiger partial charge on any atom is 0.325 e. The Labute approximate surface area is 188 Å². The summed E-state index contributed by atoms with van der Waals surface area (Å²) in [6.07, 6.45) is 4.12. The predicted molar refractivity (Wildman–Crippen MR) is 118 cm³/mol. The number of hydrogen-bond donors (Lipinski definition) is 1. The monoisotopic (exact) mass is 444 g/mol. The van der Waals surface area contributed by atoms with Gasteiger partial charge in [-0.2, -0.15) is 0 Å². The van der Waals surface area contributed by atoms with E-state index in [9.17, 15) is 18.8 Å². The van der Waals surface area contributed by atoms with E-state index in [0.29, 0.717) is 38.0 Å². The van der Waals surface area contributed by atoms with Gasteiger partial charge in [-0.25, -0.2) is 9.18 Å². The first-order chi connectivity index (χ1) is 15.4. The molecule has 0 bridgehead atoms. The first kappa shape index (κ1) is 22.7. The molecule has 1 aromatic rings. The van der Waals surface area contributed by atoms with Crippen LogP contribution in [0.3, 0.4) is 0 Å². The second-order valence-corrected chi connectivity index (χ2v) is 9.40. The number of likely N-dealkylation sites (tertiary alicyclic amines) is 2. The molecule has 32 heavy (non-hydrogen) atoms. The third kappa shape index (κ3) is 4.80. The van der Waals surface area contributed by atoms with Crippen molar-refractivity contribution in [1.29, 1.82) is 0 Å². The lowest BCUT2D eigenvalue weighted by Crippen LogP contribution is -2.55. The molecule has 174 valence electrons. The standard InChI is InChI=1S/C24H33FN4O3/c1-2-10-27-13-8-24(9-14-27)22(31)29(23(32)26-24)17-18-6-11-28(12-7-18)21(30)16-19-4-3-5-20(25)15-19/h3-5,15,18H,2,6-14,16-17H2,1H3,(H,26,32). The number of halogens is 1. The Morgan fingerprint density at radius 1 is 1.16 bits per heavy atom. The maximum atomic E-state index is 13.4. The molecule has 0 saturated carbocycles. The minimum Gasteiger partial charge on any atom is -0.342 e. The second-order valence-electron chi connectivity index (χ2n) is 9.40. The normalized spacial score (nSPS) is 21.9. The average Bonchev–Trinajstić information content (AvgIpc) is 3.00. The quantitative estimate of drug-likeness (QED) is 0.684. The van der Waals surface area contributed by atoms with E-state index in [0.717, 1.165) is 38.9 Å². The lowest BCUT2D eigenvalue weighted by Gasteiger charge is -2.37. The van der Waals surface area contributed by atoms with Gasteiger partial charge in [-0.1, -0.05) is 19.1 Å². The molecule has 0 aromatic heterocycles. The second kappa shape index (κ2) is 9.57. The summed E-state index contributed by atoms with van der Waals surface area (Å²) in [6, 6.07) is 5.86. The van der Waals surface area contributed by atoms with Crippen molar-refractivity contribution < 1.29 is 18.8 Å². The van der Waals surface area contributed by atoms with Gasteiger partial charge in [-0.15, -0.1) is 0 Å². The van der Waals surface area contributed by atoms with Crippen LogP contribution in [0, 0.1) is 11.7 Å². The fourth-order valence-electron chi connectivity index (χ4n) is 5.21. The molecule has 3 fully saturated rings. The molecule has 3 aliphatic rings. The van der Waals surface area contributed by atoms with Gasteiger partial charge in [0.15, 0.2) is 0 Å². The molecule has 1 N–H and O–H groups in total. The number of urea groups is 1. The Morgan fingerprint density at radius 2 is 1.88 bits per heavy atom. The summed E-state index contributed by atoms with van der Waals surface area (Å²) in [5.41, 5.74) is -0.0603. The van der Waals surface area contributed by atoms with Crippen molar-refractivity contribution in [3.63, 3.8) is 0 Å². The summed E-state index contributed by atoms with van der Waals surface area (Å²) in [6.45, 7) is 6.45. The van der Waals surface area contributed by atoms with Crippen LogP contribution < -0.4 is 5.32 Å². The molecule has 0 atom stereocenters. The van der Waals surface area contributed by atoms with E-state index < -0.39 is 5.54 Å². The zero-order valence-corrected chi connectivity index (χ0v) is 18.8. The zero-order chi connectivity index (χ0) is 22.7. The zero-order valence-electron chi connectivity index (χ0n) is 18.8. The van der Waals surface area contributed by atoms with Crippen molar-refractivity contribution in [3.05, 3.63) is 35.6 Å². The Hall–Kier alpha value is -2.48. The van der Waals surface area contributed by atoms with Crippen LogP contribution in [0.5, 0.6) is 0 Å². The number of carbonyl (C=O) groups excluding carboxylic acids is 3. The van der Waals surface area contributed by atoms with Crippen LogP contribution in [0.25, 0.3) is 0 Å². The van der Waals surface area contributed by atoms with Gasteiger partial charge >= 0.3 is 6.03 Å². The van der Waals surface area contributed by atoms with Crippen LogP contribution in [-0.2, 0) is 16.0 Å². The van der Waals surface area contributed by atoms with Crippen molar-refractivity contribution in [2.75, 3.05) is 39.3 Å². The maximum absolute atomic E-state index is 13.4.